The Bertz CT molecular complexity index is 756. The smallest absolute Gasteiger partial charge is 0.269 e. The summed E-state index contributed by atoms with van der Waals surface area (Å²) in [7, 11) is 0. The third-order valence-electron chi connectivity index (χ3n) is 3.72. The summed E-state index contributed by atoms with van der Waals surface area (Å²) in [4.78, 5) is 24.2. The van der Waals surface area contributed by atoms with Crippen LogP contribution in [0.1, 0.15) is 33.2 Å². The monoisotopic (exact) mass is 326 g/mol. The first-order valence-corrected chi connectivity index (χ1v) is 7.76. The highest BCUT2D eigenvalue weighted by Crippen LogP contribution is 2.30. The van der Waals surface area contributed by atoms with Crippen molar-refractivity contribution in [2.24, 2.45) is 0 Å². The van der Waals surface area contributed by atoms with E-state index in [1.165, 1.54) is 0 Å². The number of fused-ring (bicyclic) bond motifs is 1. The summed E-state index contributed by atoms with van der Waals surface area (Å²) in [5.74, 6) is 0.335. The molecule has 0 radical (unpaired) electrons. The number of benzene rings is 2. The lowest BCUT2D eigenvalue weighted by Crippen LogP contribution is -2.41. The highest BCUT2D eigenvalue weighted by molar-refractivity contribution is 5.99. The van der Waals surface area contributed by atoms with Crippen LogP contribution in [0.25, 0.3) is 0 Å². The molecule has 2 aromatic rings. The van der Waals surface area contributed by atoms with Gasteiger partial charge in [-0.15, -0.1) is 0 Å². The molecule has 1 aliphatic heterocycles. The first-order valence-electron chi connectivity index (χ1n) is 7.76. The van der Waals surface area contributed by atoms with E-state index in [0.29, 0.717) is 35.8 Å². The minimum absolute atomic E-state index is 0.372. The largest absolute Gasteiger partial charge is 0.486 e. The lowest BCUT2D eigenvalue weighted by Gasteiger charge is -2.18. The zero-order valence-corrected chi connectivity index (χ0v) is 13.3. The van der Waals surface area contributed by atoms with E-state index >= 15 is 0 Å². The van der Waals surface area contributed by atoms with Crippen LogP contribution in [-0.2, 0) is 6.42 Å². The van der Waals surface area contributed by atoms with Crippen LogP contribution in [0.5, 0.6) is 11.5 Å². The van der Waals surface area contributed by atoms with E-state index in [9.17, 15) is 9.59 Å². The molecule has 2 aromatic carbocycles. The minimum atomic E-state index is -0.425. The van der Waals surface area contributed by atoms with Gasteiger partial charge in [0.15, 0.2) is 11.5 Å². The number of amides is 2. The predicted molar refractivity (Wildman–Crippen MR) is 88.2 cm³/mol. The Morgan fingerprint density at radius 2 is 1.46 bits per heavy atom. The summed E-state index contributed by atoms with van der Waals surface area (Å²) in [6.07, 6.45) is 0.906. The highest BCUT2D eigenvalue weighted by atomic mass is 16.6. The molecule has 6 nitrogen and oxygen atoms in total. The highest BCUT2D eigenvalue weighted by Gasteiger charge is 2.15. The Morgan fingerprint density at radius 1 is 0.875 bits per heavy atom. The fourth-order valence-corrected chi connectivity index (χ4v) is 2.33. The van der Waals surface area contributed by atoms with Crippen molar-refractivity contribution in [2.75, 3.05) is 13.2 Å². The molecule has 2 amide bonds. The van der Waals surface area contributed by atoms with Crippen LogP contribution in [0.3, 0.4) is 0 Å². The van der Waals surface area contributed by atoms with E-state index in [1.807, 2.05) is 19.1 Å². The van der Waals surface area contributed by atoms with Gasteiger partial charge in [0.2, 0.25) is 0 Å². The summed E-state index contributed by atoms with van der Waals surface area (Å²) >= 11 is 0. The third-order valence-corrected chi connectivity index (χ3v) is 3.72. The van der Waals surface area contributed by atoms with E-state index in [-0.39, 0.29) is 5.91 Å². The Labute approximate surface area is 139 Å². The molecule has 0 aliphatic carbocycles. The fraction of sp³-hybridized carbons (Fsp3) is 0.222. The van der Waals surface area contributed by atoms with Crippen LogP contribution >= 0.6 is 0 Å². The molecule has 0 spiro atoms. The zero-order valence-electron chi connectivity index (χ0n) is 13.3. The van der Waals surface area contributed by atoms with Gasteiger partial charge in [-0.3, -0.25) is 20.4 Å². The van der Waals surface area contributed by atoms with Gasteiger partial charge in [0.25, 0.3) is 11.8 Å². The van der Waals surface area contributed by atoms with Gasteiger partial charge < -0.3 is 9.47 Å². The average Bonchev–Trinajstić information content (AvgIpc) is 2.65. The summed E-state index contributed by atoms with van der Waals surface area (Å²) < 4.78 is 10.8. The van der Waals surface area contributed by atoms with Crippen molar-refractivity contribution in [3.05, 3.63) is 59.2 Å². The Balaban J connectivity index is 1.61. The number of aryl methyl sites for hydroxylation is 1. The van der Waals surface area contributed by atoms with Crippen molar-refractivity contribution in [2.45, 2.75) is 13.3 Å². The van der Waals surface area contributed by atoms with Gasteiger partial charge in [-0.05, 0) is 42.3 Å². The second kappa shape index (κ2) is 7.04. The molecule has 0 unspecified atom stereocenters. The quantitative estimate of drug-likeness (QED) is 0.847. The number of hydrogen-bond acceptors (Lipinski definition) is 4. The molecule has 6 heteroatoms. The number of hydrazine groups is 1. The maximum absolute atomic E-state index is 12.1. The topological polar surface area (TPSA) is 76.7 Å². The SMILES string of the molecule is CCc1ccc(C(=O)NNC(=O)c2ccc3c(c2)OCCO3)cc1. The van der Waals surface area contributed by atoms with E-state index in [4.69, 9.17) is 9.47 Å². The number of ether oxygens (including phenoxy) is 2. The molecule has 0 fully saturated rings. The number of carbonyl (C=O) groups excluding carboxylic acids is 2. The van der Waals surface area contributed by atoms with Gasteiger partial charge in [0.05, 0.1) is 0 Å². The molecule has 124 valence electrons. The van der Waals surface area contributed by atoms with Crippen molar-refractivity contribution >= 4 is 11.8 Å². The van der Waals surface area contributed by atoms with Gasteiger partial charge in [-0.25, -0.2) is 0 Å². The van der Waals surface area contributed by atoms with Crippen molar-refractivity contribution in [3.8, 4) is 11.5 Å². The maximum atomic E-state index is 12.1. The zero-order chi connectivity index (χ0) is 16.9. The Hall–Kier alpha value is -3.02. The number of nitrogens with one attached hydrogen (secondary N) is 2. The molecule has 1 aliphatic rings. The van der Waals surface area contributed by atoms with Crippen LogP contribution in [-0.4, -0.2) is 25.0 Å². The van der Waals surface area contributed by atoms with Crippen molar-refractivity contribution in [1.29, 1.82) is 0 Å². The minimum Gasteiger partial charge on any atom is -0.486 e. The van der Waals surface area contributed by atoms with Crippen molar-refractivity contribution < 1.29 is 19.1 Å². The molecule has 0 bridgehead atoms. The molecular formula is C18H18N2O4. The van der Waals surface area contributed by atoms with Crippen LogP contribution in [0.2, 0.25) is 0 Å². The average molecular weight is 326 g/mol. The van der Waals surface area contributed by atoms with Gasteiger partial charge >= 0.3 is 0 Å². The maximum Gasteiger partial charge on any atom is 0.269 e. The Morgan fingerprint density at radius 3 is 2.12 bits per heavy atom. The molecule has 0 aromatic heterocycles. The molecule has 2 N–H and O–H groups in total. The number of rotatable bonds is 3. The molecule has 0 saturated carbocycles. The van der Waals surface area contributed by atoms with Gasteiger partial charge in [-0.1, -0.05) is 19.1 Å². The van der Waals surface area contributed by atoms with Crippen LogP contribution in [0.4, 0.5) is 0 Å². The first-order chi connectivity index (χ1) is 11.7. The Kier molecular flexibility index (Phi) is 4.65. The summed E-state index contributed by atoms with van der Waals surface area (Å²) in [6, 6.07) is 12.1. The molecule has 0 atom stereocenters. The normalized spacial score (nSPS) is 12.4. The lowest BCUT2D eigenvalue weighted by atomic mass is 10.1. The van der Waals surface area contributed by atoms with Crippen LogP contribution < -0.4 is 20.3 Å². The fourth-order valence-electron chi connectivity index (χ4n) is 2.33. The third kappa shape index (κ3) is 3.48. The second-order valence-corrected chi connectivity index (χ2v) is 5.32. The van der Waals surface area contributed by atoms with Gasteiger partial charge in [-0.2, -0.15) is 0 Å². The predicted octanol–water partition coefficient (Wildman–Crippen LogP) is 2.09. The molecule has 0 saturated heterocycles. The summed E-state index contributed by atoms with van der Waals surface area (Å²) in [5, 5.41) is 0. The van der Waals surface area contributed by atoms with Gasteiger partial charge in [0.1, 0.15) is 13.2 Å². The van der Waals surface area contributed by atoms with E-state index in [1.54, 1.807) is 30.3 Å². The standard InChI is InChI=1S/C18H18N2O4/c1-2-12-3-5-13(6-4-12)17(21)19-20-18(22)14-7-8-15-16(11-14)24-10-9-23-15/h3-8,11H,2,9-10H2,1H3,(H,19,21)(H,20,22). The summed E-state index contributed by atoms with van der Waals surface area (Å²) in [6.45, 7) is 2.98. The van der Waals surface area contributed by atoms with E-state index in [2.05, 4.69) is 10.9 Å². The van der Waals surface area contributed by atoms with E-state index in [0.717, 1.165) is 12.0 Å². The van der Waals surface area contributed by atoms with Crippen LogP contribution in [0, 0.1) is 0 Å². The lowest BCUT2D eigenvalue weighted by molar-refractivity contribution is 0.0846. The second-order valence-electron chi connectivity index (χ2n) is 5.32. The molecular weight excluding hydrogens is 308 g/mol. The first kappa shape index (κ1) is 15.9. The van der Waals surface area contributed by atoms with Crippen molar-refractivity contribution in [3.63, 3.8) is 0 Å². The van der Waals surface area contributed by atoms with E-state index < -0.39 is 5.91 Å². The number of carbonyl (C=O) groups is 2. The molecule has 1 heterocycles. The molecule has 3 rings (SSSR count). The van der Waals surface area contributed by atoms with Gasteiger partial charge in [0, 0.05) is 11.1 Å². The van der Waals surface area contributed by atoms with Crippen LogP contribution in [0.15, 0.2) is 42.5 Å². The summed E-state index contributed by atoms with van der Waals surface area (Å²) in [5.41, 5.74) is 6.80. The van der Waals surface area contributed by atoms with Crippen molar-refractivity contribution in [1.82, 2.24) is 10.9 Å². The number of hydrogen-bond donors (Lipinski definition) is 2. The molecule has 24 heavy (non-hydrogen) atoms.